The summed E-state index contributed by atoms with van der Waals surface area (Å²) in [5.41, 5.74) is 0.0936. The van der Waals surface area contributed by atoms with Gasteiger partial charge in [0.15, 0.2) is 0 Å². The summed E-state index contributed by atoms with van der Waals surface area (Å²) in [4.78, 5) is 21.5. The van der Waals surface area contributed by atoms with Gasteiger partial charge in [-0.1, -0.05) is 0 Å². The Labute approximate surface area is 93.9 Å². The van der Waals surface area contributed by atoms with Crippen LogP contribution in [0.3, 0.4) is 0 Å². The third kappa shape index (κ3) is 2.40. The molecule has 7 nitrogen and oxygen atoms in total. The minimum atomic E-state index is -1.36. The molecule has 0 aromatic carbocycles. The molecule has 1 rings (SSSR count). The quantitative estimate of drug-likeness (QED) is 0.631. The van der Waals surface area contributed by atoms with Crippen LogP contribution in [0.5, 0.6) is 0 Å². The molecule has 0 saturated carbocycles. The molecule has 0 atom stereocenters. The summed E-state index contributed by atoms with van der Waals surface area (Å²) in [6, 6.07) is 1.81. The molecule has 1 aromatic heterocycles. The number of rotatable bonds is 2. The highest BCUT2D eigenvalue weighted by Crippen LogP contribution is 2.37. The first kappa shape index (κ1) is 11.8. The number of anilines is 2. The van der Waals surface area contributed by atoms with Crippen LogP contribution in [0.15, 0.2) is 0 Å². The zero-order chi connectivity index (χ0) is 12.3. The predicted molar refractivity (Wildman–Crippen MR) is 57.1 cm³/mol. The minimum absolute atomic E-state index is 0.0279. The maximum atomic E-state index is 10.5. The highest BCUT2D eigenvalue weighted by atomic mass is 32.1. The van der Waals surface area contributed by atoms with E-state index in [1.807, 2.05) is 16.7 Å². The largest absolute Gasteiger partial charge is 0.465 e. The van der Waals surface area contributed by atoms with Crippen LogP contribution in [-0.2, 0) is 0 Å². The molecule has 0 unspecified atom stereocenters. The molecule has 16 heavy (non-hydrogen) atoms. The van der Waals surface area contributed by atoms with Crippen molar-refractivity contribution in [3.8, 4) is 6.07 Å². The smallest absolute Gasteiger partial charge is 0.409 e. The lowest BCUT2D eigenvalue weighted by atomic mass is 10.2. The van der Waals surface area contributed by atoms with Crippen LogP contribution in [0.4, 0.5) is 20.3 Å². The van der Waals surface area contributed by atoms with Gasteiger partial charge < -0.3 is 10.2 Å². The zero-order valence-corrected chi connectivity index (χ0v) is 8.88. The molecule has 0 bridgehead atoms. The van der Waals surface area contributed by atoms with Gasteiger partial charge in [-0.05, 0) is 6.92 Å². The third-order valence-corrected chi connectivity index (χ3v) is 2.67. The van der Waals surface area contributed by atoms with Gasteiger partial charge in [0.1, 0.15) is 11.1 Å². The van der Waals surface area contributed by atoms with Crippen molar-refractivity contribution in [3.63, 3.8) is 0 Å². The molecule has 0 radical (unpaired) electrons. The summed E-state index contributed by atoms with van der Waals surface area (Å²) in [6.45, 7) is 1.60. The van der Waals surface area contributed by atoms with Crippen molar-refractivity contribution in [3.05, 3.63) is 10.4 Å². The van der Waals surface area contributed by atoms with Crippen LogP contribution >= 0.6 is 11.3 Å². The van der Waals surface area contributed by atoms with Gasteiger partial charge in [0, 0.05) is 4.88 Å². The van der Waals surface area contributed by atoms with Crippen molar-refractivity contribution >= 4 is 34.2 Å². The zero-order valence-electron chi connectivity index (χ0n) is 8.07. The van der Waals surface area contributed by atoms with E-state index in [9.17, 15) is 9.59 Å². The summed E-state index contributed by atoms with van der Waals surface area (Å²) in [5, 5.41) is 30.0. The average Bonchev–Trinajstić information content (AvgIpc) is 2.40. The first-order valence-corrected chi connectivity index (χ1v) is 4.80. The molecule has 4 N–H and O–H groups in total. The third-order valence-electron chi connectivity index (χ3n) is 1.65. The lowest BCUT2D eigenvalue weighted by Crippen LogP contribution is -2.12. The number of thiophene rings is 1. The molecule has 1 aromatic rings. The Balaban J connectivity index is 3.22. The van der Waals surface area contributed by atoms with Gasteiger partial charge in [-0.25, -0.2) is 9.59 Å². The highest BCUT2D eigenvalue weighted by molar-refractivity contribution is 7.17. The maximum absolute atomic E-state index is 10.5. The maximum Gasteiger partial charge on any atom is 0.409 e. The topological polar surface area (TPSA) is 122 Å². The van der Waals surface area contributed by atoms with Gasteiger partial charge in [0.2, 0.25) is 0 Å². The number of carboxylic acid groups (broad SMARTS) is 2. The Morgan fingerprint density at radius 3 is 2.31 bits per heavy atom. The van der Waals surface area contributed by atoms with E-state index in [1.165, 1.54) is 0 Å². The highest BCUT2D eigenvalue weighted by Gasteiger charge is 2.18. The fourth-order valence-corrected chi connectivity index (χ4v) is 2.04. The Kier molecular flexibility index (Phi) is 3.32. The van der Waals surface area contributed by atoms with Gasteiger partial charge >= 0.3 is 12.2 Å². The number of nitriles is 1. The monoisotopic (exact) mass is 241 g/mol. The van der Waals surface area contributed by atoms with Crippen LogP contribution in [0.25, 0.3) is 0 Å². The first-order valence-electron chi connectivity index (χ1n) is 3.99. The van der Waals surface area contributed by atoms with Crippen LogP contribution in [0, 0.1) is 18.3 Å². The molecule has 0 aliphatic carbocycles. The Hall–Kier alpha value is -2.27. The molecule has 0 fully saturated rings. The number of nitrogens with zero attached hydrogens (tertiary/aromatic N) is 1. The van der Waals surface area contributed by atoms with Crippen molar-refractivity contribution in [1.29, 1.82) is 5.26 Å². The van der Waals surface area contributed by atoms with Crippen LogP contribution < -0.4 is 10.6 Å². The van der Waals surface area contributed by atoms with Crippen LogP contribution in [0.1, 0.15) is 10.4 Å². The van der Waals surface area contributed by atoms with Gasteiger partial charge in [0.25, 0.3) is 0 Å². The lowest BCUT2D eigenvalue weighted by Gasteiger charge is -2.02. The van der Waals surface area contributed by atoms with Crippen molar-refractivity contribution in [1.82, 2.24) is 0 Å². The Bertz CT molecular complexity index is 488. The summed E-state index contributed by atoms with van der Waals surface area (Å²) < 4.78 is 0. The summed E-state index contributed by atoms with van der Waals surface area (Å²) in [7, 11) is 0. The van der Waals surface area contributed by atoms with Gasteiger partial charge in [-0.3, -0.25) is 10.6 Å². The van der Waals surface area contributed by atoms with Crippen molar-refractivity contribution in [2.75, 3.05) is 10.6 Å². The summed E-state index contributed by atoms with van der Waals surface area (Å²) in [6.07, 6.45) is -2.68. The van der Waals surface area contributed by atoms with E-state index in [1.54, 1.807) is 6.92 Å². The second-order valence-electron chi connectivity index (χ2n) is 2.71. The fourth-order valence-electron chi connectivity index (χ4n) is 1.09. The Morgan fingerprint density at radius 1 is 1.31 bits per heavy atom. The molecular weight excluding hydrogens is 234 g/mol. The van der Waals surface area contributed by atoms with Crippen molar-refractivity contribution in [2.45, 2.75) is 6.92 Å². The van der Waals surface area contributed by atoms with E-state index in [0.29, 0.717) is 4.88 Å². The number of aryl methyl sites for hydroxylation is 1. The number of nitrogens with one attached hydrogen (secondary N) is 2. The van der Waals surface area contributed by atoms with Crippen molar-refractivity contribution in [2.24, 2.45) is 0 Å². The van der Waals surface area contributed by atoms with E-state index in [-0.39, 0.29) is 16.3 Å². The first-order chi connectivity index (χ1) is 7.45. The number of hydrogen-bond acceptors (Lipinski definition) is 4. The fraction of sp³-hybridized carbons (Fsp3) is 0.125. The number of hydrogen-bond donors (Lipinski definition) is 4. The molecule has 0 aliphatic rings. The lowest BCUT2D eigenvalue weighted by molar-refractivity contribution is 0.208. The van der Waals surface area contributed by atoms with E-state index in [0.717, 1.165) is 11.3 Å². The van der Waals surface area contributed by atoms with Crippen LogP contribution in [-0.4, -0.2) is 22.4 Å². The standard InChI is InChI=1S/C8H7N3O4S/c1-3-4(2-9)5(10-7(12)13)6(16-3)11-8(14)15/h10-11H,1H3,(H,12,13)(H,14,15). The van der Waals surface area contributed by atoms with Gasteiger partial charge in [-0.2, -0.15) is 5.26 Å². The molecule has 84 valence electrons. The summed E-state index contributed by atoms with van der Waals surface area (Å²) >= 11 is 0.996. The van der Waals surface area contributed by atoms with E-state index < -0.39 is 12.2 Å². The predicted octanol–water partition coefficient (Wildman–Crippen LogP) is 2.11. The summed E-state index contributed by atoms with van der Waals surface area (Å²) in [5.74, 6) is 0. The van der Waals surface area contributed by atoms with Crippen molar-refractivity contribution < 1.29 is 19.8 Å². The molecular formula is C8H7N3O4S. The normalized spacial score (nSPS) is 9.25. The molecule has 8 heteroatoms. The van der Waals surface area contributed by atoms with E-state index in [4.69, 9.17) is 15.5 Å². The van der Waals surface area contributed by atoms with Crippen LogP contribution in [0.2, 0.25) is 0 Å². The van der Waals surface area contributed by atoms with Gasteiger partial charge in [0.05, 0.1) is 11.3 Å². The molecule has 0 saturated heterocycles. The second kappa shape index (κ2) is 4.50. The van der Waals surface area contributed by atoms with Gasteiger partial charge in [-0.15, -0.1) is 11.3 Å². The number of carbonyl (C=O) groups is 2. The average molecular weight is 241 g/mol. The number of amides is 2. The molecule has 1 heterocycles. The minimum Gasteiger partial charge on any atom is -0.465 e. The second-order valence-corrected chi connectivity index (χ2v) is 3.93. The molecule has 0 spiro atoms. The van der Waals surface area contributed by atoms with E-state index >= 15 is 0 Å². The van der Waals surface area contributed by atoms with E-state index in [2.05, 4.69) is 0 Å². The molecule has 2 amide bonds. The molecule has 0 aliphatic heterocycles. The SMILES string of the molecule is Cc1sc(NC(=O)O)c(NC(=O)O)c1C#N. The Morgan fingerprint density at radius 2 is 1.88 bits per heavy atom.